The van der Waals surface area contributed by atoms with Gasteiger partial charge in [-0.15, -0.1) is 0 Å². The highest BCUT2D eigenvalue weighted by Gasteiger charge is 2.36. The summed E-state index contributed by atoms with van der Waals surface area (Å²) in [5, 5.41) is 0. The van der Waals surface area contributed by atoms with Gasteiger partial charge in [0.05, 0.1) is 0 Å². The molecule has 116 valence electrons. The van der Waals surface area contributed by atoms with Crippen LogP contribution >= 0.6 is 0 Å². The van der Waals surface area contributed by atoms with Crippen LogP contribution in [0.25, 0.3) is 11.1 Å². The van der Waals surface area contributed by atoms with E-state index in [2.05, 4.69) is 48.5 Å². The molecular weight excluding hydrogens is 420 g/mol. The van der Waals surface area contributed by atoms with Crippen LogP contribution < -0.4 is 24.0 Å². The van der Waals surface area contributed by atoms with Crippen LogP contribution in [0.5, 0.6) is 0 Å². The Kier molecular flexibility index (Phi) is 7.90. The normalized spacial score (nSPS) is 10.9. The molecule has 0 aliphatic heterocycles. The molecule has 0 fully saturated rings. The lowest BCUT2D eigenvalue weighted by atomic mass is 10.1. The van der Waals surface area contributed by atoms with Crippen LogP contribution in [0.3, 0.4) is 0 Å². The van der Waals surface area contributed by atoms with Gasteiger partial charge in [0.2, 0.25) is 24.0 Å². The second-order valence-corrected chi connectivity index (χ2v) is 5.00. The van der Waals surface area contributed by atoms with E-state index in [1.54, 1.807) is 0 Å². The summed E-state index contributed by atoms with van der Waals surface area (Å²) < 4.78 is 58.9. The number of alkyl halides is 3. The summed E-state index contributed by atoms with van der Waals surface area (Å²) in [5.74, 6) is 0. The first-order chi connectivity index (χ1) is 9.22. The van der Waals surface area contributed by atoms with Gasteiger partial charge in [-0.3, -0.25) is 0 Å². The summed E-state index contributed by atoms with van der Waals surface area (Å²) in [6.07, 6.45) is 0. The summed E-state index contributed by atoms with van der Waals surface area (Å²) in [4.78, 5) is 0. The van der Waals surface area contributed by atoms with E-state index < -0.39 is 15.6 Å². The summed E-state index contributed by atoms with van der Waals surface area (Å²) in [6.45, 7) is 0. The van der Waals surface area contributed by atoms with E-state index in [0.717, 1.165) is 0 Å². The Morgan fingerprint density at radius 3 is 1.19 bits per heavy atom. The number of hydrogen-bond donors (Lipinski definition) is 0. The van der Waals surface area contributed by atoms with Gasteiger partial charge >= 0.3 is 5.51 Å². The monoisotopic (exact) mass is 432 g/mol. The van der Waals surface area contributed by atoms with Crippen molar-refractivity contribution in [3.05, 3.63) is 60.7 Å². The fourth-order valence-electron chi connectivity index (χ4n) is 1.26. The largest absolute Gasteiger partial charge is 0.741 e. The Morgan fingerprint density at radius 1 is 0.762 bits per heavy atom. The maximum absolute atomic E-state index is 10.7. The molecule has 21 heavy (non-hydrogen) atoms. The minimum absolute atomic E-state index is 0. The van der Waals surface area contributed by atoms with Gasteiger partial charge < -0.3 is 4.55 Å². The van der Waals surface area contributed by atoms with Gasteiger partial charge in [0.25, 0.3) is 0 Å². The molecule has 0 radical (unpaired) electrons. The van der Waals surface area contributed by atoms with Crippen LogP contribution in [0.15, 0.2) is 60.7 Å². The maximum atomic E-state index is 10.7. The Morgan fingerprint density at radius 2 is 1.00 bits per heavy atom. The standard InChI is InChI=1S/C12H10.CHF3O3S.H2I/c1-3-7-11(8-4-1)12-9-5-2-6-10-12;2-1(3,4)8(5,6)7;/h1-10H;(H,5,6,7);1H2/q;;+1/p-1. The zero-order valence-electron chi connectivity index (χ0n) is 10.5. The van der Waals surface area contributed by atoms with Gasteiger partial charge in [-0.05, 0) is 11.1 Å². The van der Waals surface area contributed by atoms with Crippen molar-refractivity contribution in [2.75, 3.05) is 0 Å². The molecule has 0 aliphatic carbocycles. The molecule has 0 saturated heterocycles. The molecule has 0 spiro atoms. The summed E-state index contributed by atoms with van der Waals surface area (Å²) >= 11 is 0. The topological polar surface area (TPSA) is 57.2 Å². The van der Waals surface area contributed by atoms with Gasteiger partial charge in [0.1, 0.15) is 0 Å². The Balaban J connectivity index is 0.000000397. The highest BCUT2D eigenvalue weighted by molar-refractivity contribution is 7.86. The molecule has 0 heterocycles. The van der Waals surface area contributed by atoms with E-state index in [4.69, 9.17) is 13.0 Å². The van der Waals surface area contributed by atoms with Gasteiger partial charge in [0, 0.05) is 0 Å². The Hall–Kier alpha value is -1.13. The van der Waals surface area contributed by atoms with Gasteiger partial charge in [-0.2, -0.15) is 13.2 Å². The highest BCUT2D eigenvalue weighted by atomic mass is 127. The van der Waals surface area contributed by atoms with Crippen molar-refractivity contribution < 1.29 is 50.1 Å². The van der Waals surface area contributed by atoms with Crippen molar-refractivity contribution in [1.29, 1.82) is 0 Å². The molecule has 0 saturated carbocycles. The Bertz CT molecular complexity index is 591. The van der Waals surface area contributed by atoms with Crippen LogP contribution in [0.1, 0.15) is 0 Å². The SMILES string of the molecule is O=S(=O)([O-])C(F)(F)F.[IH2+].c1ccc(-c2ccccc2)cc1. The van der Waals surface area contributed by atoms with Crippen molar-refractivity contribution in [3.8, 4) is 11.1 Å². The fraction of sp³-hybridized carbons (Fsp3) is 0.0769. The third-order valence-electron chi connectivity index (χ3n) is 2.16. The summed E-state index contributed by atoms with van der Waals surface area (Å²) in [7, 11) is -6.09. The lowest BCUT2D eigenvalue weighted by Crippen LogP contribution is -3.00. The summed E-state index contributed by atoms with van der Waals surface area (Å²) in [5.41, 5.74) is -3.09. The van der Waals surface area contributed by atoms with Crippen molar-refractivity contribution in [1.82, 2.24) is 0 Å². The number of halogens is 4. The average Bonchev–Trinajstić information content (AvgIpc) is 2.39. The third-order valence-corrected chi connectivity index (χ3v) is 2.73. The van der Waals surface area contributed by atoms with Crippen molar-refractivity contribution in [3.63, 3.8) is 0 Å². The second-order valence-electron chi connectivity index (χ2n) is 3.63. The first kappa shape index (κ1) is 19.9. The third kappa shape index (κ3) is 6.91. The Labute approximate surface area is 137 Å². The lowest BCUT2D eigenvalue weighted by molar-refractivity contribution is -0.0517. The van der Waals surface area contributed by atoms with Gasteiger partial charge in [0.15, 0.2) is 10.1 Å². The first-order valence-electron chi connectivity index (χ1n) is 5.34. The molecule has 0 N–H and O–H groups in total. The lowest BCUT2D eigenvalue weighted by Gasteiger charge is -2.08. The van der Waals surface area contributed by atoms with E-state index in [9.17, 15) is 13.2 Å². The molecule has 0 atom stereocenters. The van der Waals surface area contributed by atoms with Crippen LogP contribution in [0, 0.1) is 0 Å². The molecule has 0 unspecified atom stereocenters. The minimum atomic E-state index is -6.09. The minimum Gasteiger partial charge on any atom is -0.741 e. The zero-order chi connectivity index (χ0) is 15.2. The molecule has 2 aromatic rings. The van der Waals surface area contributed by atoms with E-state index in [1.807, 2.05) is 12.1 Å². The summed E-state index contributed by atoms with van der Waals surface area (Å²) in [6, 6.07) is 20.8. The molecule has 0 aliphatic rings. The van der Waals surface area contributed by atoms with Crippen molar-refractivity contribution in [2.24, 2.45) is 0 Å². The molecular formula is C13H12F3IO3S. The fourth-order valence-corrected chi connectivity index (χ4v) is 1.26. The van der Waals surface area contributed by atoms with Crippen molar-refractivity contribution in [2.45, 2.75) is 5.51 Å². The molecule has 0 aromatic heterocycles. The molecule has 8 heteroatoms. The first-order valence-corrected chi connectivity index (χ1v) is 6.75. The van der Waals surface area contributed by atoms with Crippen molar-refractivity contribution >= 4 is 10.1 Å². The molecule has 0 bridgehead atoms. The second kappa shape index (κ2) is 8.35. The molecule has 0 amide bonds. The van der Waals surface area contributed by atoms with Crippen LogP contribution in [-0.4, -0.2) is 18.5 Å². The van der Waals surface area contributed by atoms with Crippen LogP contribution in [0.2, 0.25) is 0 Å². The van der Waals surface area contributed by atoms with E-state index in [-0.39, 0.29) is 24.0 Å². The quantitative estimate of drug-likeness (QED) is 0.359. The number of hydrogen-bond acceptors (Lipinski definition) is 3. The molecule has 2 aromatic carbocycles. The smallest absolute Gasteiger partial charge is 0.485 e. The molecule has 2 rings (SSSR count). The van der Waals surface area contributed by atoms with E-state index in [1.165, 1.54) is 11.1 Å². The van der Waals surface area contributed by atoms with E-state index >= 15 is 0 Å². The zero-order valence-corrected chi connectivity index (χ0v) is 13.9. The average molecular weight is 432 g/mol. The van der Waals surface area contributed by atoms with Gasteiger partial charge in [-0.25, -0.2) is 8.42 Å². The maximum Gasteiger partial charge on any atom is 0.485 e. The predicted octanol–water partition coefficient (Wildman–Crippen LogP) is -0.126. The number of benzene rings is 2. The van der Waals surface area contributed by atoms with Crippen LogP contribution in [-0.2, 0) is 10.1 Å². The molecule has 3 nitrogen and oxygen atoms in total. The van der Waals surface area contributed by atoms with E-state index in [0.29, 0.717) is 0 Å². The van der Waals surface area contributed by atoms with Gasteiger partial charge in [-0.1, -0.05) is 60.7 Å². The van der Waals surface area contributed by atoms with Crippen LogP contribution in [0.4, 0.5) is 13.2 Å². The predicted molar refractivity (Wildman–Crippen MR) is 70.4 cm³/mol. The number of rotatable bonds is 1. The highest BCUT2D eigenvalue weighted by Crippen LogP contribution is 2.20.